The summed E-state index contributed by atoms with van der Waals surface area (Å²) in [5.41, 5.74) is 0. The first kappa shape index (κ1) is 22.0. The fourth-order valence-electron chi connectivity index (χ4n) is 3.02. The van der Waals surface area contributed by atoms with E-state index in [4.69, 9.17) is 0 Å². The Bertz CT molecular complexity index is 138. The first-order valence-electron chi connectivity index (χ1n) is 5.17. The fourth-order valence-corrected chi connectivity index (χ4v) is 9.06. The molecule has 0 bridgehead atoms. The molecule has 0 saturated heterocycles. The van der Waals surface area contributed by atoms with Gasteiger partial charge in [0.1, 0.15) is 0 Å². The zero-order valence-electron chi connectivity index (χ0n) is 11.6. The van der Waals surface area contributed by atoms with Gasteiger partial charge in [0.2, 0.25) is 0 Å². The van der Waals surface area contributed by atoms with E-state index in [1.165, 1.54) is 0 Å². The summed E-state index contributed by atoms with van der Waals surface area (Å²) in [6.07, 6.45) is 0. The standard InChI is InChI=1S/C12H27P.HI.Pd/c1-10(2,3)13(11(4,5)6)12(7,8)9;;/h1-9H3;1H;/q;;+1/p-1. The van der Waals surface area contributed by atoms with Gasteiger partial charge in [0.25, 0.3) is 0 Å². The van der Waals surface area contributed by atoms with Crippen LogP contribution in [0.1, 0.15) is 62.3 Å². The van der Waals surface area contributed by atoms with Crippen molar-refractivity contribution < 1.29 is 44.4 Å². The molecule has 0 aliphatic rings. The minimum absolute atomic E-state index is 0. The Morgan fingerprint density at radius 2 is 0.667 bits per heavy atom. The van der Waals surface area contributed by atoms with Crippen LogP contribution in [0.15, 0.2) is 0 Å². The Hall–Kier alpha value is 1.82. The SMILES string of the molecule is CC(C)(C)P(C(C)(C)C)C(C)(C)C.[I-].[Pd+]. The van der Waals surface area contributed by atoms with Crippen LogP contribution in [0.5, 0.6) is 0 Å². The van der Waals surface area contributed by atoms with Gasteiger partial charge in [-0.1, -0.05) is 70.2 Å². The summed E-state index contributed by atoms with van der Waals surface area (Å²) < 4.78 is 0. The van der Waals surface area contributed by atoms with Crippen LogP contribution in [0.2, 0.25) is 0 Å². The Kier molecular flexibility index (Phi) is 9.81. The van der Waals surface area contributed by atoms with Crippen LogP contribution in [0, 0.1) is 0 Å². The summed E-state index contributed by atoms with van der Waals surface area (Å²) in [5.74, 6) is 0. The van der Waals surface area contributed by atoms with Gasteiger partial charge in [-0.05, 0) is 15.5 Å². The predicted octanol–water partition coefficient (Wildman–Crippen LogP) is 1.87. The smallest absolute Gasteiger partial charge is 1.00 e. The van der Waals surface area contributed by atoms with Gasteiger partial charge >= 0.3 is 20.4 Å². The van der Waals surface area contributed by atoms with E-state index in [1.807, 2.05) is 0 Å². The molecule has 0 aromatic heterocycles. The fraction of sp³-hybridized carbons (Fsp3) is 1.00. The molecule has 0 aromatic carbocycles. The topological polar surface area (TPSA) is 0 Å². The molecule has 0 atom stereocenters. The number of hydrogen-bond donors (Lipinski definition) is 0. The normalized spacial score (nSPS) is 13.2. The summed E-state index contributed by atoms with van der Waals surface area (Å²) in [6, 6.07) is 0. The Labute approximate surface area is 129 Å². The molecule has 15 heavy (non-hydrogen) atoms. The maximum atomic E-state index is 2.38. The van der Waals surface area contributed by atoms with E-state index >= 15 is 0 Å². The molecule has 0 nitrogen and oxygen atoms in total. The van der Waals surface area contributed by atoms with Gasteiger partial charge in [-0.3, -0.25) is 0 Å². The van der Waals surface area contributed by atoms with Crippen LogP contribution in [0.25, 0.3) is 0 Å². The quantitative estimate of drug-likeness (QED) is 0.310. The van der Waals surface area contributed by atoms with Crippen molar-refractivity contribution in [2.45, 2.75) is 77.8 Å². The molecule has 0 aromatic rings. The number of halogens is 1. The van der Waals surface area contributed by atoms with Crippen molar-refractivity contribution >= 4 is 7.92 Å². The molecule has 0 saturated carbocycles. The second-order valence-corrected chi connectivity index (χ2v) is 11.5. The van der Waals surface area contributed by atoms with Crippen LogP contribution in [-0.2, 0) is 20.4 Å². The summed E-state index contributed by atoms with van der Waals surface area (Å²) in [4.78, 5) is 0. The molecule has 0 rings (SSSR count). The van der Waals surface area contributed by atoms with E-state index in [9.17, 15) is 0 Å². The van der Waals surface area contributed by atoms with Crippen LogP contribution in [0.4, 0.5) is 0 Å². The first-order valence-corrected chi connectivity index (χ1v) is 6.51. The summed E-state index contributed by atoms with van der Waals surface area (Å²) in [6.45, 7) is 21.5. The van der Waals surface area contributed by atoms with Crippen LogP contribution < -0.4 is 24.0 Å². The molecule has 0 N–H and O–H groups in total. The molecular weight excluding hydrogens is 408 g/mol. The molecule has 0 amide bonds. The first-order chi connectivity index (χ1) is 5.37. The van der Waals surface area contributed by atoms with Gasteiger partial charge in [-0.2, -0.15) is 0 Å². The minimum Gasteiger partial charge on any atom is -1.00 e. The second-order valence-electron chi connectivity index (χ2n) is 6.85. The molecule has 0 unspecified atom stereocenters. The number of rotatable bonds is 0. The van der Waals surface area contributed by atoms with Crippen molar-refractivity contribution in [3.63, 3.8) is 0 Å². The molecule has 0 aliphatic carbocycles. The minimum atomic E-state index is 0. The van der Waals surface area contributed by atoms with E-state index in [1.54, 1.807) is 0 Å². The van der Waals surface area contributed by atoms with E-state index in [2.05, 4.69) is 62.3 Å². The molecule has 0 aliphatic heterocycles. The average molecular weight is 436 g/mol. The molecule has 0 heterocycles. The molecule has 0 fully saturated rings. The Balaban J connectivity index is -0.000000720. The van der Waals surface area contributed by atoms with Crippen LogP contribution in [0.3, 0.4) is 0 Å². The summed E-state index contributed by atoms with van der Waals surface area (Å²) >= 11 is 0. The summed E-state index contributed by atoms with van der Waals surface area (Å²) in [5, 5.41) is 1.35. The van der Waals surface area contributed by atoms with E-state index in [0.29, 0.717) is 15.5 Å². The molecule has 0 spiro atoms. The van der Waals surface area contributed by atoms with E-state index in [-0.39, 0.29) is 52.3 Å². The van der Waals surface area contributed by atoms with Crippen molar-refractivity contribution in [1.29, 1.82) is 0 Å². The van der Waals surface area contributed by atoms with Crippen molar-refractivity contribution in [3.8, 4) is 0 Å². The molecule has 97 valence electrons. The van der Waals surface area contributed by atoms with Gasteiger partial charge in [-0.25, -0.2) is 0 Å². The molecule has 1 radical (unpaired) electrons. The number of hydrogen-bond acceptors (Lipinski definition) is 0. The predicted molar refractivity (Wildman–Crippen MR) is 66.2 cm³/mol. The van der Waals surface area contributed by atoms with E-state index < -0.39 is 0 Å². The Morgan fingerprint density at radius 3 is 0.667 bits per heavy atom. The van der Waals surface area contributed by atoms with Crippen LogP contribution in [-0.4, -0.2) is 15.5 Å². The third kappa shape index (κ3) is 7.69. The third-order valence-electron chi connectivity index (χ3n) is 2.01. The molecular formula is C12H27IPPd. The van der Waals surface area contributed by atoms with Crippen LogP contribution >= 0.6 is 7.92 Å². The van der Waals surface area contributed by atoms with E-state index in [0.717, 1.165) is 0 Å². The largest absolute Gasteiger partial charge is 1.00 e. The maximum Gasteiger partial charge on any atom is 1.00 e. The maximum absolute atomic E-state index is 2.38. The average Bonchev–Trinajstić information content (AvgIpc) is 1.44. The Morgan fingerprint density at radius 1 is 0.533 bits per heavy atom. The van der Waals surface area contributed by atoms with Gasteiger partial charge in [-0.15, -0.1) is 0 Å². The summed E-state index contributed by atoms with van der Waals surface area (Å²) in [7, 11) is 0.0162. The van der Waals surface area contributed by atoms with Gasteiger partial charge < -0.3 is 24.0 Å². The molecule has 3 heteroatoms. The van der Waals surface area contributed by atoms with Gasteiger partial charge in [0.05, 0.1) is 0 Å². The zero-order chi connectivity index (χ0) is 11.1. The monoisotopic (exact) mass is 435 g/mol. The zero-order valence-corrected chi connectivity index (χ0v) is 16.2. The van der Waals surface area contributed by atoms with Crippen molar-refractivity contribution in [1.82, 2.24) is 0 Å². The second kappa shape index (κ2) is 6.67. The van der Waals surface area contributed by atoms with Crippen molar-refractivity contribution in [3.05, 3.63) is 0 Å². The third-order valence-corrected chi connectivity index (χ3v) is 6.04. The van der Waals surface area contributed by atoms with Crippen molar-refractivity contribution in [2.75, 3.05) is 0 Å². The van der Waals surface area contributed by atoms with Gasteiger partial charge in [0, 0.05) is 0 Å². The van der Waals surface area contributed by atoms with Gasteiger partial charge in [0.15, 0.2) is 0 Å². The van der Waals surface area contributed by atoms with Crippen molar-refractivity contribution in [2.24, 2.45) is 0 Å².